The molecule has 1 aliphatic carbocycles. The van der Waals surface area contributed by atoms with Crippen molar-refractivity contribution in [3.63, 3.8) is 0 Å². The molecule has 2 aliphatic rings. The first-order valence-electron chi connectivity index (χ1n) is 10.2. The second-order valence-electron chi connectivity index (χ2n) is 8.93. The number of hydrogen-bond donors (Lipinski definition) is 2. The van der Waals surface area contributed by atoms with E-state index in [-0.39, 0.29) is 27.5 Å². The number of Topliss-reactive ketones (excluding diaryl/α,β-unsaturated/α-hetero) is 1. The summed E-state index contributed by atoms with van der Waals surface area (Å²) in [6.07, 6.45) is 0.951. The van der Waals surface area contributed by atoms with Gasteiger partial charge in [0, 0.05) is 23.4 Å². The summed E-state index contributed by atoms with van der Waals surface area (Å²) in [6.45, 7) is 4.07. The van der Waals surface area contributed by atoms with Gasteiger partial charge in [-0.05, 0) is 41.7 Å². The number of nitrogens with two attached hydrogens (primary N) is 2. The van der Waals surface area contributed by atoms with Crippen LogP contribution >= 0.6 is 0 Å². The average molecular weight is 449 g/mol. The minimum atomic E-state index is -3.86. The van der Waals surface area contributed by atoms with Crippen molar-refractivity contribution in [1.29, 1.82) is 5.26 Å². The summed E-state index contributed by atoms with van der Waals surface area (Å²) in [4.78, 5) is 15.2. The minimum Gasteiger partial charge on any atom is -0.384 e. The molecule has 2 aromatic rings. The molecule has 0 spiro atoms. The van der Waals surface area contributed by atoms with E-state index in [1.54, 1.807) is 12.1 Å². The molecule has 0 saturated carbocycles. The van der Waals surface area contributed by atoms with Crippen LogP contribution in [-0.4, -0.2) is 14.2 Å². The van der Waals surface area contributed by atoms with Gasteiger partial charge in [0.25, 0.3) is 0 Å². The molecule has 0 unspecified atom stereocenters. The first-order chi connectivity index (χ1) is 15.0. The summed E-state index contributed by atoms with van der Waals surface area (Å²) in [5.74, 6) is -0.450. The number of anilines is 1. The first-order valence-corrected chi connectivity index (χ1v) is 11.7. The van der Waals surface area contributed by atoms with E-state index in [1.165, 1.54) is 12.1 Å². The monoisotopic (exact) mass is 448 g/mol. The maximum Gasteiger partial charge on any atom is 0.238 e. The predicted molar refractivity (Wildman–Crippen MR) is 121 cm³/mol. The van der Waals surface area contributed by atoms with Crippen molar-refractivity contribution in [2.24, 2.45) is 16.3 Å². The average Bonchev–Trinajstić information content (AvgIpc) is 2.72. The maximum atomic E-state index is 13.4. The quantitative estimate of drug-likeness (QED) is 0.741. The molecule has 4 rings (SSSR count). The maximum absolute atomic E-state index is 13.4. The molecule has 0 radical (unpaired) electrons. The van der Waals surface area contributed by atoms with Crippen LogP contribution in [0.2, 0.25) is 0 Å². The van der Waals surface area contributed by atoms with Crippen LogP contribution in [0.3, 0.4) is 0 Å². The highest BCUT2D eigenvalue weighted by Crippen LogP contribution is 2.50. The molecule has 0 amide bonds. The molecule has 0 fully saturated rings. The number of para-hydroxylation sites is 1. The van der Waals surface area contributed by atoms with Gasteiger partial charge in [0.2, 0.25) is 10.0 Å². The van der Waals surface area contributed by atoms with E-state index in [0.29, 0.717) is 24.0 Å². The van der Waals surface area contributed by atoms with Crippen LogP contribution in [0.15, 0.2) is 82.2 Å². The molecule has 0 saturated heterocycles. The molecule has 0 bridgehead atoms. The second-order valence-corrected chi connectivity index (χ2v) is 10.5. The zero-order chi connectivity index (χ0) is 23.3. The first kappa shape index (κ1) is 21.8. The number of nitriles is 1. The van der Waals surface area contributed by atoms with Gasteiger partial charge in [-0.15, -0.1) is 0 Å². The normalized spacial score (nSPS) is 20.8. The summed E-state index contributed by atoms with van der Waals surface area (Å²) in [5, 5.41) is 15.3. The Kier molecular flexibility index (Phi) is 5.19. The number of hydrogen-bond acceptors (Lipinski definition) is 6. The van der Waals surface area contributed by atoms with Crippen molar-refractivity contribution in [3.8, 4) is 6.07 Å². The highest BCUT2D eigenvalue weighted by atomic mass is 32.2. The van der Waals surface area contributed by atoms with Crippen molar-refractivity contribution >= 4 is 21.5 Å². The number of carbonyl (C=O) groups excluding carboxylic acids is 1. The van der Waals surface area contributed by atoms with Gasteiger partial charge in [-0.2, -0.15) is 5.26 Å². The van der Waals surface area contributed by atoms with Gasteiger partial charge >= 0.3 is 0 Å². The number of benzene rings is 2. The van der Waals surface area contributed by atoms with Gasteiger partial charge in [-0.25, -0.2) is 13.6 Å². The largest absolute Gasteiger partial charge is 0.384 e. The fourth-order valence-electron chi connectivity index (χ4n) is 4.56. The van der Waals surface area contributed by atoms with Crippen LogP contribution in [-0.2, 0) is 14.8 Å². The molecular formula is C24H24N4O3S. The lowest BCUT2D eigenvalue weighted by atomic mass is 9.68. The molecule has 4 N–H and O–H groups in total. The number of allylic oxidation sites excluding steroid dienone is 3. The molecule has 7 nitrogen and oxygen atoms in total. The van der Waals surface area contributed by atoms with E-state index < -0.39 is 15.9 Å². The SMILES string of the molecule is CC1(C)CC(=O)C2=C(C1)N(c1ccccc1)C(N)=C(C#N)[C@H]2c1ccc(S(N)(=O)=O)cc1. The van der Waals surface area contributed by atoms with Gasteiger partial charge in [-0.3, -0.25) is 9.69 Å². The van der Waals surface area contributed by atoms with E-state index in [0.717, 1.165) is 11.4 Å². The van der Waals surface area contributed by atoms with Gasteiger partial charge in [-0.1, -0.05) is 44.2 Å². The number of carbonyl (C=O) groups is 1. The third-order valence-electron chi connectivity index (χ3n) is 5.94. The number of sulfonamides is 1. The Labute approximate surface area is 187 Å². The lowest BCUT2D eigenvalue weighted by Gasteiger charge is -2.43. The van der Waals surface area contributed by atoms with E-state index in [1.807, 2.05) is 49.1 Å². The Balaban J connectivity index is 1.96. The summed E-state index contributed by atoms with van der Waals surface area (Å²) in [5.41, 5.74) is 9.24. The number of nitrogens with zero attached hydrogens (tertiary/aromatic N) is 2. The summed E-state index contributed by atoms with van der Waals surface area (Å²) in [6, 6.07) is 17.6. The standard InChI is InChI=1S/C24H24N4O3S/c1-24(2)12-19-22(20(29)13-24)21(15-8-10-17(11-9-15)32(27,30)31)18(14-25)23(26)28(19)16-6-4-3-5-7-16/h3-11,21H,12-13,26H2,1-2H3,(H2,27,30,31)/t21-/m1/s1. The summed E-state index contributed by atoms with van der Waals surface area (Å²) in [7, 11) is -3.86. The van der Waals surface area contributed by atoms with Crippen molar-refractivity contribution in [3.05, 3.63) is 82.8 Å². The minimum absolute atomic E-state index is 0.0382. The molecule has 1 aliphatic heterocycles. The van der Waals surface area contributed by atoms with Crippen molar-refractivity contribution < 1.29 is 13.2 Å². The Bertz CT molecular complexity index is 1300. The lowest BCUT2D eigenvalue weighted by Crippen LogP contribution is -2.42. The van der Waals surface area contributed by atoms with Crippen LogP contribution < -0.4 is 15.8 Å². The lowest BCUT2D eigenvalue weighted by molar-refractivity contribution is -0.118. The predicted octanol–water partition coefficient (Wildman–Crippen LogP) is 3.27. The molecule has 32 heavy (non-hydrogen) atoms. The molecule has 0 aromatic heterocycles. The van der Waals surface area contributed by atoms with Crippen molar-refractivity contribution in [2.45, 2.75) is 37.5 Å². The van der Waals surface area contributed by atoms with Crippen LogP contribution in [0.4, 0.5) is 5.69 Å². The molecule has 1 heterocycles. The van der Waals surface area contributed by atoms with Crippen LogP contribution in [0.1, 0.15) is 38.2 Å². The number of primary sulfonamides is 1. The summed E-state index contributed by atoms with van der Waals surface area (Å²) >= 11 is 0. The highest BCUT2D eigenvalue weighted by molar-refractivity contribution is 7.89. The van der Waals surface area contributed by atoms with E-state index in [4.69, 9.17) is 10.9 Å². The Morgan fingerprint density at radius 1 is 1.06 bits per heavy atom. The highest BCUT2D eigenvalue weighted by Gasteiger charge is 2.44. The molecular weight excluding hydrogens is 424 g/mol. The third-order valence-corrected chi connectivity index (χ3v) is 6.87. The zero-order valence-corrected chi connectivity index (χ0v) is 18.7. The zero-order valence-electron chi connectivity index (χ0n) is 17.9. The third kappa shape index (κ3) is 3.70. The van der Waals surface area contributed by atoms with Gasteiger partial charge in [0.15, 0.2) is 5.78 Å². The second kappa shape index (κ2) is 7.62. The van der Waals surface area contributed by atoms with Crippen molar-refractivity contribution in [1.82, 2.24) is 0 Å². The van der Waals surface area contributed by atoms with E-state index in [9.17, 15) is 18.5 Å². The van der Waals surface area contributed by atoms with Crippen LogP contribution in [0, 0.1) is 16.7 Å². The molecule has 2 aromatic carbocycles. The molecule has 164 valence electrons. The van der Waals surface area contributed by atoms with Crippen LogP contribution in [0.5, 0.6) is 0 Å². The van der Waals surface area contributed by atoms with E-state index in [2.05, 4.69) is 6.07 Å². The molecule has 1 atom stereocenters. The Hall–Kier alpha value is -3.41. The van der Waals surface area contributed by atoms with Crippen molar-refractivity contribution in [2.75, 3.05) is 4.90 Å². The Morgan fingerprint density at radius 2 is 1.69 bits per heavy atom. The number of rotatable bonds is 3. The van der Waals surface area contributed by atoms with Gasteiger partial charge < -0.3 is 5.73 Å². The molecule has 8 heteroatoms. The fraction of sp³-hybridized carbons (Fsp3) is 0.250. The van der Waals surface area contributed by atoms with Crippen LogP contribution in [0.25, 0.3) is 0 Å². The van der Waals surface area contributed by atoms with Gasteiger partial charge in [0.1, 0.15) is 5.82 Å². The number of ketones is 1. The van der Waals surface area contributed by atoms with Gasteiger partial charge in [0.05, 0.1) is 22.5 Å². The van der Waals surface area contributed by atoms with E-state index >= 15 is 0 Å². The topological polar surface area (TPSA) is 130 Å². The Morgan fingerprint density at radius 3 is 2.25 bits per heavy atom. The fourth-order valence-corrected chi connectivity index (χ4v) is 5.08. The smallest absolute Gasteiger partial charge is 0.238 e. The summed E-state index contributed by atoms with van der Waals surface area (Å²) < 4.78 is 23.3.